The summed E-state index contributed by atoms with van der Waals surface area (Å²) in [5, 5.41) is 12.0. The predicted octanol–water partition coefficient (Wildman–Crippen LogP) is 3.22. The summed E-state index contributed by atoms with van der Waals surface area (Å²) in [5.74, 6) is -0.422. The van der Waals surface area contributed by atoms with Crippen LogP contribution in [0.2, 0.25) is 0 Å². The predicted molar refractivity (Wildman–Crippen MR) is 99.6 cm³/mol. The molecule has 1 amide bonds. The van der Waals surface area contributed by atoms with Crippen molar-refractivity contribution in [3.05, 3.63) is 54.2 Å². The number of carbonyl (C=O) groups is 2. The summed E-state index contributed by atoms with van der Waals surface area (Å²) in [5.41, 5.74) is 1.53. The summed E-state index contributed by atoms with van der Waals surface area (Å²) in [6, 6.07) is 13.5. The lowest BCUT2D eigenvalue weighted by atomic mass is 9.86. The van der Waals surface area contributed by atoms with Crippen LogP contribution in [0.25, 0.3) is 0 Å². The van der Waals surface area contributed by atoms with E-state index in [2.05, 4.69) is 10.3 Å². The number of carboxylic acid groups (broad SMARTS) is 1. The Balaban J connectivity index is 1.58. The molecular formula is C20H23N3O3. The number of pyridine rings is 1. The first-order valence-corrected chi connectivity index (χ1v) is 8.83. The number of para-hydroxylation sites is 1. The molecule has 0 spiro atoms. The monoisotopic (exact) mass is 353 g/mol. The van der Waals surface area contributed by atoms with Crippen molar-refractivity contribution >= 4 is 23.4 Å². The summed E-state index contributed by atoms with van der Waals surface area (Å²) in [6.07, 6.45) is 4.20. The van der Waals surface area contributed by atoms with Crippen LogP contribution in [0, 0.1) is 5.92 Å². The van der Waals surface area contributed by atoms with E-state index in [1.165, 1.54) is 0 Å². The van der Waals surface area contributed by atoms with Crippen molar-refractivity contribution in [3.63, 3.8) is 0 Å². The van der Waals surface area contributed by atoms with Crippen LogP contribution in [0.3, 0.4) is 0 Å². The van der Waals surface area contributed by atoms with Crippen LogP contribution in [0.5, 0.6) is 0 Å². The third kappa shape index (κ3) is 4.20. The molecule has 136 valence electrons. The minimum Gasteiger partial charge on any atom is -0.481 e. The first-order chi connectivity index (χ1) is 12.5. The van der Waals surface area contributed by atoms with Gasteiger partial charge in [0.15, 0.2) is 0 Å². The molecule has 6 heteroatoms. The highest BCUT2D eigenvalue weighted by atomic mass is 16.4. The number of aliphatic carboxylic acids is 1. The second-order valence-corrected chi connectivity index (χ2v) is 6.66. The van der Waals surface area contributed by atoms with Crippen LogP contribution in [-0.2, 0) is 4.79 Å². The average Bonchev–Trinajstić information content (AvgIpc) is 2.68. The number of nitrogens with zero attached hydrogens (tertiary/aromatic N) is 2. The van der Waals surface area contributed by atoms with Crippen molar-refractivity contribution < 1.29 is 14.7 Å². The number of hydrogen-bond donors (Lipinski definition) is 2. The summed E-state index contributed by atoms with van der Waals surface area (Å²) >= 11 is 0. The number of carbonyl (C=O) groups excluding carboxylic acids is 1. The third-order valence-corrected chi connectivity index (χ3v) is 4.91. The highest BCUT2D eigenvalue weighted by Gasteiger charge is 2.26. The van der Waals surface area contributed by atoms with Crippen molar-refractivity contribution in [2.24, 2.45) is 5.92 Å². The molecule has 0 saturated heterocycles. The molecule has 2 N–H and O–H groups in total. The molecule has 1 saturated carbocycles. The van der Waals surface area contributed by atoms with Gasteiger partial charge in [0.2, 0.25) is 0 Å². The molecule has 0 aliphatic heterocycles. The molecule has 0 atom stereocenters. The molecule has 1 aromatic carbocycles. The maximum atomic E-state index is 12.4. The van der Waals surface area contributed by atoms with Crippen molar-refractivity contribution in [1.82, 2.24) is 10.3 Å². The minimum atomic E-state index is -0.739. The van der Waals surface area contributed by atoms with Crippen LogP contribution in [0.15, 0.2) is 48.7 Å². The lowest BCUT2D eigenvalue weighted by Gasteiger charge is -2.26. The molecule has 1 aliphatic carbocycles. The second kappa shape index (κ2) is 7.99. The lowest BCUT2D eigenvalue weighted by molar-refractivity contribution is -0.142. The molecule has 0 bridgehead atoms. The molecule has 3 rings (SSSR count). The van der Waals surface area contributed by atoms with Crippen molar-refractivity contribution in [3.8, 4) is 0 Å². The molecule has 1 fully saturated rings. The number of aromatic nitrogens is 1. The SMILES string of the molecule is CN(c1ccccc1)c1ccc(C(=O)NC2CCC(C(=O)O)CC2)cn1. The van der Waals surface area contributed by atoms with Crippen molar-refractivity contribution in [2.45, 2.75) is 31.7 Å². The van der Waals surface area contributed by atoms with Gasteiger partial charge in [-0.2, -0.15) is 0 Å². The molecule has 6 nitrogen and oxygen atoms in total. The second-order valence-electron chi connectivity index (χ2n) is 6.66. The Morgan fingerprint density at radius 3 is 2.35 bits per heavy atom. The van der Waals surface area contributed by atoms with Gasteiger partial charge in [-0.25, -0.2) is 4.98 Å². The molecule has 1 aliphatic rings. The van der Waals surface area contributed by atoms with Crippen LogP contribution in [0.1, 0.15) is 36.0 Å². The Bertz CT molecular complexity index is 754. The number of carboxylic acids is 1. The Kier molecular flexibility index (Phi) is 5.51. The number of hydrogen-bond acceptors (Lipinski definition) is 4. The van der Waals surface area contributed by atoms with E-state index in [4.69, 9.17) is 5.11 Å². The van der Waals surface area contributed by atoms with Crippen molar-refractivity contribution in [2.75, 3.05) is 11.9 Å². The van der Waals surface area contributed by atoms with Gasteiger partial charge in [-0.05, 0) is 49.9 Å². The standard InChI is InChI=1S/C20H23N3O3/c1-23(17-5-3-2-4-6-17)18-12-9-15(13-21-18)19(24)22-16-10-7-14(8-11-16)20(25)26/h2-6,9,12-14,16H,7-8,10-11H2,1H3,(H,22,24)(H,25,26). The fourth-order valence-corrected chi connectivity index (χ4v) is 3.26. The molecule has 1 heterocycles. The van der Waals surface area contributed by atoms with E-state index in [9.17, 15) is 9.59 Å². The van der Waals surface area contributed by atoms with E-state index in [0.717, 1.165) is 11.5 Å². The average molecular weight is 353 g/mol. The molecule has 26 heavy (non-hydrogen) atoms. The first kappa shape index (κ1) is 17.9. The maximum Gasteiger partial charge on any atom is 0.306 e. The smallest absolute Gasteiger partial charge is 0.306 e. The highest BCUT2D eigenvalue weighted by molar-refractivity contribution is 5.94. The Morgan fingerprint density at radius 1 is 1.08 bits per heavy atom. The molecular weight excluding hydrogens is 330 g/mol. The molecule has 2 aromatic rings. The highest BCUT2D eigenvalue weighted by Crippen LogP contribution is 2.25. The summed E-state index contributed by atoms with van der Waals surface area (Å²) in [6.45, 7) is 0. The maximum absolute atomic E-state index is 12.4. The summed E-state index contributed by atoms with van der Waals surface area (Å²) < 4.78 is 0. The van der Waals surface area contributed by atoms with Gasteiger partial charge in [0.25, 0.3) is 5.91 Å². The van der Waals surface area contributed by atoms with Gasteiger partial charge in [-0.1, -0.05) is 18.2 Å². The van der Waals surface area contributed by atoms with Gasteiger partial charge in [-0.3, -0.25) is 9.59 Å². The Labute approximate surface area is 152 Å². The Morgan fingerprint density at radius 2 is 1.77 bits per heavy atom. The fraction of sp³-hybridized carbons (Fsp3) is 0.350. The van der Waals surface area contributed by atoms with E-state index in [0.29, 0.717) is 31.2 Å². The van der Waals surface area contributed by atoms with E-state index < -0.39 is 5.97 Å². The quantitative estimate of drug-likeness (QED) is 0.862. The van der Waals surface area contributed by atoms with Crippen LogP contribution in [0.4, 0.5) is 11.5 Å². The number of anilines is 2. The Hall–Kier alpha value is -2.89. The lowest BCUT2D eigenvalue weighted by Crippen LogP contribution is -2.38. The number of amides is 1. The number of nitrogens with one attached hydrogen (secondary N) is 1. The van der Waals surface area contributed by atoms with Crippen LogP contribution >= 0.6 is 0 Å². The van der Waals surface area contributed by atoms with E-state index in [1.54, 1.807) is 12.3 Å². The van der Waals surface area contributed by atoms with Gasteiger partial charge in [0.05, 0.1) is 11.5 Å². The number of benzene rings is 1. The van der Waals surface area contributed by atoms with Gasteiger partial charge in [-0.15, -0.1) is 0 Å². The zero-order chi connectivity index (χ0) is 18.5. The zero-order valence-corrected chi connectivity index (χ0v) is 14.8. The normalized spacial score (nSPS) is 19.6. The van der Waals surface area contributed by atoms with Gasteiger partial charge < -0.3 is 15.3 Å². The van der Waals surface area contributed by atoms with E-state index in [1.807, 2.05) is 48.3 Å². The fourth-order valence-electron chi connectivity index (χ4n) is 3.26. The van der Waals surface area contributed by atoms with Crippen LogP contribution in [-0.4, -0.2) is 35.1 Å². The summed E-state index contributed by atoms with van der Waals surface area (Å²) in [4.78, 5) is 29.7. The summed E-state index contributed by atoms with van der Waals surface area (Å²) in [7, 11) is 1.93. The minimum absolute atomic E-state index is 0.0322. The molecule has 1 aromatic heterocycles. The van der Waals surface area contributed by atoms with Gasteiger partial charge in [0.1, 0.15) is 5.82 Å². The third-order valence-electron chi connectivity index (χ3n) is 4.91. The zero-order valence-electron chi connectivity index (χ0n) is 14.8. The van der Waals surface area contributed by atoms with Gasteiger partial charge in [0, 0.05) is 25.0 Å². The topological polar surface area (TPSA) is 82.5 Å². The van der Waals surface area contributed by atoms with Crippen molar-refractivity contribution in [1.29, 1.82) is 0 Å². The van der Waals surface area contributed by atoms with Crippen LogP contribution < -0.4 is 10.2 Å². The van der Waals surface area contributed by atoms with E-state index >= 15 is 0 Å². The van der Waals surface area contributed by atoms with E-state index in [-0.39, 0.29) is 17.9 Å². The largest absolute Gasteiger partial charge is 0.481 e. The molecule has 0 unspecified atom stereocenters. The molecule has 0 radical (unpaired) electrons. The first-order valence-electron chi connectivity index (χ1n) is 8.83. The number of rotatable bonds is 5. The van der Waals surface area contributed by atoms with Gasteiger partial charge >= 0.3 is 5.97 Å².